The van der Waals surface area contributed by atoms with Gasteiger partial charge in [0, 0.05) is 25.2 Å². The van der Waals surface area contributed by atoms with Gasteiger partial charge < -0.3 is 10.8 Å². The van der Waals surface area contributed by atoms with Crippen molar-refractivity contribution in [3.63, 3.8) is 0 Å². The number of hydrogen-bond donors (Lipinski definition) is 2. The van der Waals surface area contributed by atoms with Crippen molar-refractivity contribution in [1.82, 2.24) is 4.90 Å². The normalized spacial score (nSPS) is 30.6. The first-order chi connectivity index (χ1) is 7.59. The maximum absolute atomic E-state index is 9.01. The van der Waals surface area contributed by atoms with Gasteiger partial charge in [-0.05, 0) is 18.8 Å². The summed E-state index contributed by atoms with van der Waals surface area (Å²) in [6.45, 7) is 8.61. The van der Waals surface area contributed by atoms with Crippen LogP contribution in [0.25, 0.3) is 0 Å². The molecule has 16 heavy (non-hydrogen) atoms. The van der Waals surface area contributed by atoms with Gasteiger partial charge in [0.1, 0.15) is 0 Å². The largest absolute Gasteiger partial charge is 0.395 e. The van der Waals surface area contributed by atoms with Gasteiger partial charge in [0.05, 0.1) is 6.61 Å². The molecule has 0 radical (unpaired) electrons. The second kappa shape index (κ2) is 6.38. The summed E-state index contributed by atoms with van der Waals surface area (Å²) in [5.74, 6) is 0.735. The topological polar surface area (TPSA) is 49.5 Å². The fourth-order valence-electron chi connectivity index (χ4n) is 2.85. The van der Waals surface area contributed by atoms with E-state index in [-0.39, 0.29) is 12.1 Å². The van der Waals surface area contributed by atoms with Gasteiger partial charge in [-0.3, -0.25) is 4.90 Å². The average Bonchev–Trinajstić information content (AvgIpc) is 2.17. The molecule has 1 fully saturated rings. The molecule has 2 atom stereocenters. The van der Waals surface area contributed by atoms with Crippen LogP contribution >= 0.6 is 0 Å². The van der Waals surface area contributed by atoms with Crippen molar-refractivity contribution in [2.24, 2.45) is 11.7 Å². The summed E-state index contributed by atoms with van der Waals surface area (Å²) in [6.07, 6.45) is 6.63. The van der Waals surface area contributed by atoms with Crippen LogP contribution < -0.4 is 5.73 Å². The molecule has 3 nitrogen and oxygen atoms in total. The molecule has 3 heteroatoms. The molecule has 1 aliphatic rings. The lowest BCUT2D eigenvalue weighted by Crippen LogP contribution is -2.53. The van der Waals surface area contributed by atoms with Gasteiger partial charge in [-0.2, -0.15) is 0 Å². The second-order valence-electron chi connectivity index (χ2n) is 5.31. The van der Waals surface area contributed by atoms with Gasteiger partial charge in [0.25, 0.3) is 0 Å². The molecule has 0 amide bonds. The minimum atomic E-state index is -0.0597. The van der Waals surface area contributed by atoms with E-state index in [0.717, 1.165) is 31.8 Å². The molecule has 0 aliphatic heterocycles. The zero-order valence-electron chi connectivity index (χ0n) is 10.5. The first-order valence-corrected chi connectivity index (χ1v) is 6.32. The molecule has 0 spiro atoms. The lowest BCUT2D eigenvalue weighted by atomic mass is 9.77. The summed E-state index contributed by atoms with van der Waals surface area (Å²) in [7, 11) is 0. The van der Waals surface area contributed by atoms with E-state index in [4.69, 9.17) is 10.8 Å². The number of aliphatic hydroxyl groups excluding tert-OH is 1. The first kappa shape index (κ1) is 13.7. The number of rotatable bonds is 6. The van der Waals surface area contributed by atoms with Crippen molar-refractivity contribution in [1.29, 1.82) is 0 Å². The Hall–Kier alpha value is -0.380. The lowest BCUT2D eigenvalue weighted by molar-refractivity contribution is 0.138. The van der Waals surface area contributed by atoms with Crippen molar-refractivity contribution < 1.29 is 5.11 Å². The van der Waals surface area contributed by atoms with Crippen LogP contribution in [0.1, 0.15) is 32.6 Å². The molecule has 0 aromatic carbocycles. The van der Waals surface area contributed by atoms with Crippen molar-refractivity contribution in [2.75, 3.05) is 26.2 Å². The first-order valence-electron chi connectivity index (χ1n) is 6.32. The predicted octanol–water partition coefficient (Wildman–Crippen LogP) is 1.37. The van der Waals surface area contributed by atoms with E-state index in [1.165, 1.54) is 12.8 Å². The highest BCUT2D eigenvalue weighted by Gasteiger charge is 2.32. The Morgan fingerprint density at radius 2 is 2.38 bits per heavy atom. The van der Waals surface area contributed by atoms with E-state index in [1.807, 2.05) is 6.08 Å². The zero-order chi connectivity index (χ0) is 12.0. The predicted molar refractivity (Wildman–Crippen MR) is 68.3 cm³/mol. The van der Waals surface area contributed by atoms with Crippen molar-refractivity contribution >= 4 is 0 Å². The van der Waals surface area contributed by atoms with Crippen LogP contribution in [0.3, 0.4) is 0 Å². The fourth-order valence-corrected chi connectivity index (χ4v) is 2.85. The Balaban J connectivity index is 2.50. The Kier molecular flexibility index (Phi) is 5.46. The van der Waals surface area contributed by atoms with Crippen molar-refractivity contribution in [3.8, 4) is 0 Å². The Labute approximate surface area is 99.3 Å². The number of hydrogen-bond acceptors (Lipinski definition) is 3. The molecule has 1 rings (SSSR count). The van der Waals surface area contributed by atoms with Gasteiger partial charge >= 0.3 is 0 Å². The lowest BCUT2D eigenvalue weighted by Gasteiger charge is -2.40. The molecule has 1 aliphatic carbocycles. The van der Waals surface area contributed by atoms with Crippen LogP contribution in [0.5, 0.6) is 0 Å². The quantitative estimate of drug-likeness (QED) is 0.673. The number of nitrogens with zero attached hydrogens (tertiary/aromatic N) is 1. The van der Waals surface area contributed by atoms with E-state index in [1.54, 1.807) is 0 Å². The van der Waals surface area contributed by atoms with Gasteiger partial charge in [-0.15, -0.1) is 6.58 Å². The van der Waals surface area contributed by atoms with Crippen LogP contribution in [-0.2, 0) is 0 Å². The van der Waals surface area contributed by atoms with E-state index in [9.17, 15) is 0 Å². The third-order valence-corrected chi connectivity index (χ3v) is 3.47. The summed E-state index contributed by atoms with van der Waals surface area (Å²) in [5.41, 5.74) is 6.39. The highest BCUT2D eigenvalue weighted by atomic mass is 16.3. The smallest absolute Gasteiger partial charge is 0.0558 e. The summed E-state index contributed by atoms with van der Waals surface area (Å²) in [4.78, 5) is 2.20. The minimum Gasteiger partial charge on any atom is -0.395 e. The SMILES string of the molecule is C=CCN(CCO)CC1(N)CCCC(C)C1. The van der Waals surface area contributed by atoms with E-state index in [0.29, 0.717) is 6.54 Å². The van der Waals surface area contributed by atoms with Gasteiger partial charge in [-0.1, -0.05) is 25.8 Å². The van der Waals surface area contributed by atoms with Crippen LogP contribution in [0.4, 0.5) is 0 Å². The summed E-state index contributed by atoms with van der Waals surface area (Å²) in [6, 6.07) is 0. The van der Waals surface area contributed by atoms with Crippen LogP contribution in [-0.4, -0.2) is 41.8 Å². The monoisotopic (exact) mass is 226 g/mol. The second-order valence-corrected chi connectivity index (χ2v) is 5.31. The van der Waals surface area contributed by atoms with E-state index < -0.39 is 0 Å². The summed E-state index contributed by atoms with van der Waals surface area (Å²) < 4.78 is 0. The van der Waals surface area contributed by atoms with Crippen LogP contribution in [0, 0.1) is 5.92 Å². The van der Waals surface area contributed by atoms with Crippen LogP contribution in [0.15, 0.2) is 12.7 Å². The summed E-state index contributed by atoms with van der Waals surface area (Å²) in [5, 5.41) is 9.01. The molecule has 94 valence electrons. The average molecular weight is 226 g/mol. The van der Waals surface area contributed by atoms with Crippen LogP contribution in [0.2, 0.25) is 0 Å². The molecular formula is C13H26N2O. The molecule has 2 unspecified atom stereocenters. The Morgan fingerprint density at radius 3 is 2.94 bits per heavy atom. The Bertz CT molecular complexity index is 220. The maximum atomic E-state index is 9.01. The standard InChI is InChI=1S/C13H26N2O/c1-3-7-15(8-9-16)11-13(14)6-4-5-12(2)10-13/h3,12,16H,1,4-11,14H2,2H3. The molecule has 1 saturated carbocycles. The maximum Gasteiger partial charge on any atom is 0.0558 e. The third kappa shape index (κ3) is 4.24. The number of aliphatic hydroxyl groups is 1. The third-order valence-electron chi connectivity index (χ3n) is 3.47. The summed E-state index contributed by atoms with van der Waals surface area (Å²) >= 11 is 0. The number of nitrogens with two attached hydrogens (primary N) is 1. The molecule has 0 heterocycles. The molecule has 0 bridgehead atoms. The minimum absolute atomic E-state index is 0.0597. The highest BCUT2D eigenvalue weighted by molar-refractivity contribution is 4.93. The van der Waals surface area contributed by atoms with Crippen molar-refractivity contribution in [2.45, 2.75) is 38.1 Å². The Morgan fingerprint density at radius 1 is 1.62 bits per heavy atom. The van der Waals surface area contributed by atoms with E-state index >= 15 is 0 Å². The molecule has 0 aromatic rings. The van der Waals surface area contributed by atoms with Gasteiger partial charge in [0.15, 0.2) is 0 Å². The fraction of sp³-hybridized carbons (Fsp3) is 0.846. The highest BCUT2D eigenvalue weighted by Crippen LogP contribution is 2.30. The molecule has 3 N–H and O–H groups in total. The van der Waals surface area contributed by atoms with Crippen molar-refractivity contribution in [3.05, 3.63) is 12.7 Å². The molecular weight excluding hydrogens is 200 g/mol. The molecule has 0 saturated heterocycles. The van der Waals surface area contributed by atoms with Gasteiger partial charge in [-0.25, -0.2) is 0 Å². The molecule has 0 aromatic heterocycles. The zero-order valence-corrected chi connectivity index (χ0v) is 10.5. The van der Waals surface area contributed by atoms with Gasteiger partial charge in [0.2, 0.25) is 0 Å². The van der Waals surface area contributed by atoms with E-state index in [2.05, 4.69) is 18.4 Å².